The van der Waals surface area contributed by atoms with Crippen LogP contribution in [0.1, 0.15) is 19.4 Å². The Morgan fingerprint density at radius 3 is 2.60 bits per heavy atom. The molecule has 1 amide bonds. The van der Waals surface area contributed by atoms with Gasteiger partial charge in [-0.15, -0.1) is 0 Å². The summed E-state index contributed by atoms with van der Waals surface area (Å²) < 4.78 is 26.5. The Balaban J connectivity index is 2.71. The van der Waals surface area contributed by atoms with Crippen molar-refractivity contribution in [3.05, 3.63) is 23.8 Å². The van der Waals surface area contributed by atoms with Crippen molar-refractivity contribution in [3.8, 4) is 0 Å². The van der Waals surface area contributed by atoms with E-state index in [2.05, 4.69) is 10.0 Å². The lowest BCUT2D eigenvalue weighted by Crippen LogP contribution is -2.38. The third-order valence-electron chi connectivity index (χ3n) is 2.75. The van der Waals surface area contributed by atoms with Gasteiger partial charge in [-0.25, -0.2) is 13.1 Å². The molecule has 112 valence electrons. The minimum Gasteiger partial charge on any atom is -0.398 e. The Bertz CT molecular complexity index is 583. The topological polar surface area (TPSA) is 101 Å². The quantitative estimate of drug-likeness (QED) is 0.670. The first-order valence-electron chi connectivity index (χ1n) is 6.35. The van der Waals surface area contributed by atoms with Crippen molar-refractivity contribution >= 4 is 21.6 Å². The van der Waals surface area contributed by atoms with Gasteiger partial charge < -0.3 is 11.1 Å². The molecular formula is C13H21N3O3S. The summed E-state index contributed by atoms with van der Waals surface area (Å²) in [6.45, 7) is 5.77. The van der Waals surface area contributed by atoms with Crippen LogP contribution in [0.3, 0.4) is 0 Å². The van der Waals surface area contributed by atoms with Crippen LogP contribution >= 0.6 is 0 Å². The van der Waals surface area contributed by atoms with Crippen molar-refractivity contribution in [2.45, 2.75) is 25.7 Å². The number of rotatable bonds is 6. The first-order chi connectivity index (χ1) is 9.24. The van der Waals surface area contributed by atoms with Crippen LogP contribution in [-0.2, 0) is 14.8 Å². The molecule has 0 atom stereocenters. The third kappa shape index (κ3) is 4.50. The first-order valence-corrected chi connectivity index (χ1v) is 7.84. The van der Waals surface area contributed by atoms with Gasteiger partial charge in [0.05, 0.1) is 11.4 Å². The number of carbonyl (C=O) groups excluding carboxylic acids is 1. The van der Waals surface area contributed by atoms with Gasteiger partial charge in [-0.2, -0.15) is 0 Å². The molecule has 0 radical (unpaired) electrons. The first kappa shape index (κ1) is 16.5. The van der Waals surface area contributed by atoms with Crippen molar-refractivity contribution in [3.63, 3.8) is 0 Å². The number of nitrogens with one attached hydrogen (secondary N) is 2. The number of hydrogen-bond donors (Lipinski definition) is 3. The monoisotopic (exact) mass is 299 g/mol. The van der Waals surface area contributed by atoms with Gasteiger partial charge in [-0.05, 0) is 30.5 Å². The van der Waals surface area contributed by atoms with Gasteiger partial charge in [0, 0.05) is 12.2 Å². The largest absolute Gasteiger partial charge is 0.398 e. The highest BCUT2D eigenvalue weighted by Crippen LogP contribution is 2.19. The average molecular weight is 299 g/mol. The minimum absolute atomic E-state index is 0.0918. The van der Waals surface area contributed by atoms with E-state index in [1.54, 1.807) is 19.1 Å². The third-order valence-corrected chi connectivity index (χ3v) is 4.29. The molecule has 6 nitrogen and oxygen atoms in total. The normalized spacial score (nSPS) is 11.6. The van der Waals surface area contributed by atoms with Crippen molar-refractivity contribution in [2.75, 3.05) is 18.8 Å². The van der Waals surface area contributed by atoms with Gasteiger partial charge in [-0.1, -0.05) is 19.9 Å². The second-order valence-corrected chi connectivity index (χ2v) is 6.73. The molecule has 0 aliphatic heterocycles. The Labute approximate surface area is 119 Å². The van der Waals surface area contributed by atoms with Crippen LogP contribution in [0.25, 0.3) is 0 Å². The van der Waals surface area contributed by atoms with Crippen LogP contribution < -0.4 is 15.8 Å². The molecule has 4 N–H and O–H groups in total. The Morgan fingerprint density at radius 2 is 2.00 bits per heavy atom. The van der Waals surface area contributed by atoms with Crippen LogP contribution in [-0.4, -0.2) is 27.4 Å². The van der Waals surface area contributed by atoms with Gasteiger partial charge in [0.15, 0.2) is 0 Å². The van der Waals surface area contributed by atoms with E-state index in [4.69, 9.17) is 5.73 Å². The summed E-state index contributed by atoms with van der Waals surface area (Å²) in [5.74, 6) is -0.0458. The zero-order valence-electron chi connectivity index (χ0n) is 11.9. The van der Waals surface area contributed by atoms with E-state index in [0.29, 0.717) is 23.7 Å². The zero-order valence-corrected chi connectivity index (χ0v) is 12.8. The molecule has 0 fully saturated rings. The molecule has 0 aliphatic rings. The highest BCUT2D eigenvalue weighted by atomic mass is 32.2. The molecule has 0 heterocycles. The number of sulfonamides is 1. The second kappa shape index (κ2) is 6.71. The second-order valence-electron chi connectivity index (χ2n) is 4.99. The molecule has 0 aromatic heterocycles. The van der Waals surface area contributed by atoms with Gasteiger partial charge >= 0.3 is 0 Å². The molecule has 1 rings (SSSR count). The fraction of sp³-hybridized carbons (Fsp3) is 0.462. The van der Waals surface area contributed by atoms with Crippen LogP contribution in [0.15, 0.2) is 23.1 Å². The van der Waals surface area contributed by atoms with E-state index < -0.39 is 10.0 Å². The van der Waals surface area contributed by atoms with Gasteiger partial charge in [0.25, 0.3) is 0 Å². The number of anilines is 1. The molecule has 1 aromatic rings. The standard InChI is InChI=1S/C13H21N3O3S/c1-9(2)7-15-13(17)8-16-20(18,19)12-6-4-5-11(14)10(12)3/h4-6,9,16H,7-8,14H2,1-3H3,(H,15,17). The summed E-state index contributed by atoms with van der Waals surface area (Å²) in [5.41, 5.74) is 6.56. The van der Waals surface area contributed by atoms with E-state index in [9.17, 15) is 13.2 Å². The Kier molecular flexibility index (Phi) is 5.52. The lowest BCUT2D eigenvalue weighted by molar-refractivity contribution is -0.120. The van der Waals surface area contributed by atoms with Crippen LogP contribution in [0, 0.1) is 12.8 Å². The van der Waals surface area contributed by atoms with E-state index in [0.717, 1.165) is 0 Å². The van der Waals surface area contributed by atoms with E-state index in [1.807, 2.05) is 13.8 Å². The van der Waals surface area contributed by atoms with E-state index in [-0.39, 0.29) is 17.3 Å². The number of hydrogen-bond acceptors (Lipinski definition) is 4. The summed E-state index contributed by atoms with van der Waals surface area (Å²) in [5, 5.41) is 2.64. The van der Waals surface area contributed by atoms with Gasteiger partial charge in [0.2, 0.25) is 15.9 Å². The van der Waals surface area contributed by atoms with Crippen LogP contribution in [0.4, 0.5) is 5.69 Å². The summed E-state index contributed by atoms with van der Waals surface area (Å²) in [6, 6.07) is 4.65. The maximum atomic E-state index is 12.1. The van der Waals surface area contributed by atoms with E-state index in [1.165, 1.54) is 6.07 Å². The molecular weight excluding hydrogens is 278 g/mol. The lowest BCUT2D eigenvalue weighted by atomic mass is 10.2. The minimum atomic E-state index is -3.74. The Hall–Kier alpha value is -1.60. The van der Waals surface area contributed by atoms with Crippen molar-refractivity contribution in [1.82, 2.24) is 10.0 Å². The number of nitrogen functional groups attached to an aromatic ring is 1. The summed E-state index contributed by atoms with van der Waals surface area (Å²) >= 11 is 0. The predicted octanol–water partition coefficient (Wildman–Crippen LogP) is 0.628. The number of nitrogens with two attached hydrogens (primary N) is 1. The molecule has 1 aromatic carbocycles. The highest BCUT2D eigenvalue weighted by molar-refractivity contribution is 7.89. The molecule has 20 heavy (non-hydrogen) atoms. The van der Waals surface area contributed by atoms with Crippen LogP contribution in [0.2, 0.25) is 0 Å². The zero-order chi connectivity index (χ0) is 15.3. The smallest absolute Gasteiger partial charge is 0.241 e. The summed E-state index contributed by atoms with van der Waals surface area (Å²) in [4.78, 5) is 11.6. The van der Waals surface area contributed by atoms with Crippen molar-refractivity contribution in [2.24, 2.45) is 5.92 Å². The van der Waals surface area contributed by atoms with Gasteiger partial charge in [-0.3, -0.25) is 4.79 Å². The highest BCUT2D eigenvalue weighted by Gasteiger charge is 2.18. The Morgan fingerprint density at radius 1 is 1.35 bits per heavy atom. The molecule has 0 unspecified atom stereocenters. The SMILES string of the molecule is Cc1c(N)cccc1S(=O)(=O)NCC(=O)NCC(C)C. The predicted molar refractivity (Wildman–Crippen MR) is 78.6 cm³/mol. The fourth-order valence-corrected chi connectivity index (χ4v) is 2.80. The number of carbonyl (C=O) groups is 1. The average Bonchev–Trinajstić information content (AvgIpc) is 2.37. The molecule has 0 bridgehead atoms. The molecule has 0 spiro atoms. The molecule has 7 heteroatoms. The van der Waals surface area contributed by atoms with Gasteiger partial charge in [0.1, 0.15) is 0 Å². The number of benzene rings is 1. The number of amides is 1. The maximum absolute atomic E-state index is 12.1. The molecule has 0 aliphatic carbocycles. The summed E-state index contributed by atoms with van der Waals surface area (Å²) in [6.07, 6.45) is 0. The van der Waals surface area contributed by atoms with Crippen molar-refractivity contribution in [1.29, 1.82) is 0 Å². The molecule has 0 saturated heterocycles. The van der Waals surface area contributed by atoms with Crippen LogP contribution in [0.5, 0.6) is 0 Å². The molecule has 0 saturated carbocycles. The fourth-order valence-electron chi connectivity index (χ4n) is 1.54. The summed E-state index contributed by atoms with van der Waals surface area (Å²) in [7, 11) is -3.74. The van der Waals surface area contributed by atoms with Crippen molar-refractivity contribution < 1.29 is 13.2 Å². The van der Waals surface area contributed by atoms with E-state index >= 15 is 0 Å². The maximum Gasteiger partial charge on any atom is 0.241 e. The lowest BCUT2D eigenvalue weighted by Gasteiger charge is -2.11.